The van der Waals surface area contributed by atoms with E-state index in [0.29, 0.717) is 12.0 Å². The van der Waals surface area contributed by atoms with Gasteiger partial charge < -0.3 is 4.55 Å². The van der Waals surface area contributed by atoms with E-state index in [-0.39, 0.29) is 34.5 Å². The molecular weight excluding hydrogens is 319 g/mol. The van der Waals surface area contributed by atoms with Gasteiger partial charge in [-0.1, -0.05) is 69.4 Å². The zero-order chi connectivity index (χ0) is 16.0. The van der Waals surface area contributed by atoms with E-state index in [4.69, 9.17) is 0 Å². The van der Waals surface area contributed by atoms with Gasteiger partial charge in [0.1, 0.15) is 10.1 Å². The second kappa shape index (κ2) is 9.80. The van der Waals surface area contributed by atoms with Gasteiger partial charge in [0.2, 0.25) is 0 Å². The number of rotatable bonds is 8. The van der Waals surface area contributed by atoms with Crippen molar-refractivity contribution < 1.29 is 42.5 Å². The average molecular weight is 342 g/mol. The Hall–Kier alpha value is -0.390. The van der Waals surface area contributed by atoms with Crippen molar-refractivity contribution in [2.75, 3.05) is 0 Å². The van der Waals surface area contributed by atoms with E-state index in [0.717, 1.165) is 30.0 Å². The van der Waals surface area contributed by atoms with E-state index in [1.807, 2.05) is 24.3 Å². The van der Waals surface area contributed by atoms with Crippen LogP contribution in [-0.4, -0.2) is 13.0 Å². The van der Waals surface area contributed by atoms with Crippen LogP contribution in [0, 0.1) is 0 Å². The zero-order valence-electron chi connectivity index (χ0n) is 14.0. The molecule has 0 bridgehead atoms. The molecule has 0 saturated carbocycles. The average Bonchev–Trinajstić information content (AvgIpc) is 2.49. The summed E-state index contributed by atoms with van der Waals surface area (Å²) in [6, 6.07) is 10.8. The van der Waals surface area contributed by atoms with Crippen molar-refractivity contribution in [3.05, 3.63) is 42.0 Å². The first kappa shape index (κ1) is 20.7. The molecule has 3 nitrogen and oxygen atoms in total. The van der Waals surface area contributed by atoms with Gasteiger partial charge in [-0.25, -0.2) is 8.42 Å². The maximum Gasteiger partial charge on any atom is 1.00 e. The normalized spacial score (nSPS) is 11.4. The van der Waals surface area contributed by atoms with E-state index in [1.165, 1.54) is 25.3 Å². The maximum atomic E-state index is 11.5. The third kappa shape index (κ3) is 5.87. The van der Waals surface area contributed by atoms with Gasteiger partial charge in [0, 0.05) is 0 Å². The Balaban J connectivity index is 0.00000264. The van der Waals surface area contributed by atoms with E-state index in [2.05, 4.69) is 6.92 Å². The molecule has 0 radical (unpaired) electrons. The molecule has 120 valence electrons. The van der Waals surface area contributed by atoms with Crippen molar-refractivity contribution in [2.45, 2.75) is 56.8 Å². The minimum Gasteiger partial charge on any atom is -0.744 e. The van der Waals surface area contributed by atoms with Crippen LogP contribution in [0.2, 0.25) is 0 Å². The molecule has 0 aliphatic heterocycles. The number of aryl methyl sites for hydroxylation is 1. The summed E-state index contributed by atoms with van der Waals surface area (Å²) in [6.45, 7) is 2.18. The number of hydrogen-bond donors (Lipinski definition) is 0. The molecule has 0 aromatic heterocycles. The Bertz CT molecular complexity index is 726. The van der Waals surface area contributed by atoms with Crippen molar-refractivity contribution in [1.29, 1.82) is 0 Å². The van der Waals surface area contributed by atoms with Crippen LogP contribution in [0.1, 0.15) is 51.0 Å². The summed E-state index contributed by atoms with van der Waals surface area (Å²) in [5.74, 6) is 0. The standard InChI is InChI=1S/C18H24O3S.Na/c1-2-3-4-5-6-7-12-17-16-11-9-8-10-15(16)13-14-18(17)22(19,20)21;/h8-11,13-14H,2-7,12H2,1H3,(H,19,20,21);/q;+1/p-1. The third-order valence-corrected chi connectivity index (χ3v) is 4.97. The van der Waals surface area contributed by atoms with Gasteiger partial charge in [-0.05, 0) is 35.2 Å². The predicted octanol–water partition coefficient (Wildman–Crippen LogP) is 1.65. The summed E-state index contributed by atoms with van der Waals surface area (Å²) in [7, 11) is -4.43. The molecule has 0 amide bonds. The Morgan fingerprint density at radius 1 is 0.913 bits per heavy atom. The van der Waals surface area contributed by atoms with Gasteiger partial charge in [-0.3, -0.25) is 0 Å². The van der Waals surface area contributed by atoms with Gasteiger partial charge >= 0.3 is 29.6 Å². The van der Waals surface area contributed by atoms with Gasteiger partial charge in [0.25, 0.3) is 0 Å². The maximum absolute atomic E-state index is 11.5. The molecule has 2 aromatic rings. The molecule has 0 unspecified atom stereocenters. The fourth-order valence-electron chi connectivity index (χ4n) is 2.89. The van der Waals surface area contributed by atoms with Crippen LogP contribution < -0.4 is 29.6 Å². The predicted molar refractivity (Wildman–Crippen MR) is 89.0 cm³/mol. The quantitative estimate of drug-likeness (QED) is 0.416. The summed E-state index contributed by atoms with van der Waals surface area (Å²) in [6.07, 6.45) is 7.47. The molecule has 0 spiro atoms. The fraction of sp³-hybridized carbons (Fsp3) is 0.444. The molecule has 0 fully saturated rings. The molecule has 0 N–H and O–H groups in total. The van der Waals surface area contributed by atoms with Crippen molar-refractivity contribution in [3.63, 3.8) is 0 Å². The van der Waals surface area contributed by atoms with E-state index in [9.17, 15) is 13.0 Å². The van der Waals surface area contributed by atoms with Crippen molar-refractivity contribution in [1.82, 2.24) is 0 Å². The molecular formula is C18H23NaO3S. The van der Waals surface area contributed by atoms with Crippen LogP contribution >= 0.6 is 0 Å². The van der Waals surface area contributed by atoms with Crippen LogP contribution in [0.3, 0.4) is 0 Å². The first-order valence-electron chi connectivity index (χ1n) is 8.00. The first-order valence-corrected chi connectivity index (χ1v) is 9.41. The second-order valence-corrected chi connectivity index (χ2v) is 7.08. The Kier molecular flexibility index (Phi) is 8.80. The van der Waals surface area contributed by atoms with Crippen LogP contribution in [-0.2, 0) is 16.5 Å². The molecule has 0 saturated heterocycles. The first-order chi connectivity index (χ1) is 10.5. The molecule has 2 rings (SSSR count). The van der Waals surface area contributed by atoms with Crippen molar-refractivity contribution in [2.24, 2.45) is 0 Å². The second-order valence-electron chi connectivity index (χ2n) is 5.74. The number of fused-ring (bicyclic) bond motifs is 1. The Labute approximate surface area is 161 Å². The van der Waals surface area contributed by atoms with Gasteiger partial charge in [-0.2, -0.15) is 0 Å². The van der Waals surface area contributed by atoms with Gasteiger partial charge in [0.05, 0.1) is 4.90 Å². The summed E-state index contributed by atoms with van der Waals surface area (Å²) < 4.78 is 34.5. The van der Waals surface area contributed by atoms with Crippen LogP contribution in [0.25, 0.3) is 10.8 Å². The molecule has 5 heteroatoms. The van der Waals surface area contributed by atoms with E-state index < -0.39 is 10.1 Å². The number of benzene rings is 2. The Morgan fingerprint density at radius 3 is 2.26 bits per heavy atom. The zero-order valence-corrected chi connectivity index (χ0v) is 16.9. The summed E-state index contributed by atoms with van der Waals surface area (Å²) in [5, 5.41) is 1.86. The molecule has 0 aliphatic carbocycles. The molecule has 2 aromatic carbocycles. The monoisotopic (exact) mass is 342 g/mol. The Morgan fingerprint density at radius 2 is 1.57 bits per heavy atom. The molecule has 0 aliphatic rings. The van der Waals surface area contributed by atoms with Crippen LogP contribution in [0.5, 0.6) is 0 Å². The third-order valence-electron chi connectivity index (χ3n) is 4.05. The summed E-state index contributed by atoms with van der Waals surface area (Å²) >= 11 is 0. The smallest absolute Gasteiger partial charge is 0.744 e. The van der Waals surface area contributed by atoms with Gasteiger partial charge in [-0.15, -0.1) is 0 Å². The van der Waals surface area contributed by atoms with E-state index >= 15 is 0 Å². The summed E-state index contributed by atoms with van der Waals surface area (Å²) in [5.41, 5.74) is 0.684. The summed E-state index contributed by atoms with van der Waals surface area (Å²) in [4.78, 5) is -0.0558. The van der Waals surface area contributed by atoms with E-state index in [1.54, 1.807) is 6.07 Å². The largest absolute Gasteiger partial charge is 1.00 e. The van der Waals surface area contributed by atoms with Gasteiger partial charge in [0.15, 0.2) is 0 Å². The molecule has 0 heterocycles. The van der Waals surface area contributed by atoms with Crippen molar-refractivity contribution in [3.8, 4) is 0 Å². The SMILES string of the molecule is CCCCCCCCc1c(S(=O)(=O)[O-])ccc2ccccc12.[Na+]. The van der Waals surface area contributed by atoms with Crippen LogP contribution in [0.15, 0.2) is 41.3 Å². The van der Waals surface area contributed by atoms with Crippen LogP contribution in [0.4, 0.5) is 0 Å². The minimum atomic E-state index is -4.43. The molecule has 0 atom stereocenters. The number of unbranched alkanes of at least 4 members (excludes halogenated alkanes) is 5. The minimum absolute atomic E-state index is 0. The van der Waals surface area contributed by atoms with Crippen molar-refractivity contribution >= 4 is 20.9 Å². The fourth-order valence-corrected chi connectivity index (χ4v) is 3.64. The molecule has 23 heavy (non-hydrogen) atoms. The number of hydrogen-bond acceptors (Lipinski definition) is 3. The topological polar surface area (TPSA) is 57.2 Å².